The minimum atomic E-state index is -0.480. The molecular formula is C16H24N2O3. The van der Waals surface area contributed by atoms with Gasteiger partial charge in [0.25, 0.3) is 5.91 Å². The van der Waals surface area contributed by atoms with Gasteiger partial charge in [0.05, 0.1) is 25.1 Å². The van der Waals surface area contributed by atoms with Gasteiger partial charge in [-0.15, -0.1) is 0 Å². The van der Waals surface area contributed by atoms with Crippen LogP contribution in [0.5, 0.6) is 5.75 Å². The van der Waals surface area contributed by atoms with E-state index in [1.54, 1.807) is 32.2 Å². The van der Waals surface area contributed by atoms with Crippen LogP contribution in [-0.2, 0) is 9.53 Å². The molecule has 0 spiro atoms. The number of amides is 1. The molecule has 1 saturated carbocycles. The fraction of sp³-hybridized carbons (Fsp3) is 0.562. The Morgan fingerprint density at radius 3 is 2.76 bits per heavy atom. The van der Waals surface area contributed by atoms with Gasteiger partial charge in [0.15, 0.2) is 0 Å². The van der Waals surface area contributed by atoms with Crippen LogP contribution in [0.15, 0.2) is 18.2 Å². The Balaban J connectivity index is 1.84. The second-order valence-electron chi connectivity index (χ2n) is 5.57. The van der Waals surface area contributed by atoms with E-state index in [-0.39, 0.29) is 5.91 Å². The van der Waals surface area contributed by atoms with E-state index in [0.717, 1.165) is 0 Å². The monoisotopic (exact) mass is 292 g/mol. The highest BCUT2D eigenvalue weighted by atomic mass is 16.5. The van der Waals surface area contributed by atoms with E-state index in [2.05, 4.69) is 5.32 Å². The van der Waals surface area contributed by atoms with Gasteiger partial charge < -0.3 is 20.5 Å². The number of nitrogens with one attached hydrogen (secondary N) is 1. The molecule has 0 heterocycles. The van der Waals surface area contributed by atoms with Crippen molar-refractivity contribution in [2.75, 3.05) is 24.8 Å². The minimum absolute atomic E-state index is 0.176. The Bertz CT molecular complexity index is 484. The Morgan fingerprint density at radius 2 is 2.14 bits per heavy atom. The molecule has 1 atom stereocenters. The molecule has 5 nitrogen and oxygen atoms in total. The van der Waals surface area contributed by atoms with E-state index < -0.39 is 6.10 Å². The number of hydrogen-bond acceptors (Lipinski definition) is 4. The van der Waals surface area contributed by atoms with Crippen LogP contribution in [0.4, 0.5) is 11.4 Å². The maximum atomic E-state index is 12.1. The lowest BCUT2D eigenvalue weighted by atomic mass is 10.1. The lowest BCUT2D eigenvalue weighted by molar-refractivity contribution is -0.127. The summed E-state index contributed by atoms with van der Waals surface area (Å²) in [5, 5.41) is 2.79. The number of anilines is 2. The number of carbonyl (C=O) groups is 1. The Kier molecular flexibility index (Phi) is 5.44. The highest BCUT2D eigenvalue weighted by molar-refractivity contribution is 5.96. The second kappa shape index (κ2) is 7.31. The molecule has 1 aliphatic rings. The van der Waals surface area contributed by atoms with Gasteiger partial charge in [-0.05, 0) is 37.8 Å². The molecule has 0 bridgehead atoms. The fourth-order valence-electron chi connectivity index (χ4n) is 2.55. The molecule has 21 heavy (non-hydrogen) atoms. The van der Waals surface area contributed by atoms with Gasteiger partial charge in [-0.25, -0.2) is 0 Å². The van der Waals surface area contributed by atoms with Gasteiger partial charge in [0.2, 0.25) is 0 Å². The van der Waals surface area contributed by atoms with Crippen molar-refractivity contribution in [2.45, 2.75) is 38.7 Å². The van der Waals surface area contributed by atoms with Crippen LogP contribution >= 0.6 is 0 Å². The SMILES string of the molecule is COc1ccc(NC(=O)C(C)OCC2CCCC2)c(N)c1. The second-order valence-corrected chi connectivity index (χ2v) is 5.57. The molecule has 1 amide bonds. The van der Waals surface area contributed by atoms with Gasteiger partial charge >= 0.3 is 0 Å². The lowest BCUT2D eigenvalue weighted by Crippen LogP contribution is -2.29. The first-order chi connectivity index (χ1) is 10.1. The average Bonchev–Trinajstić information content (AvgIpc) is 3.00. The summed E-state index contributed by atoms with van der Waals surface area (Å²) < 4.78 is 10.7. The van der Waals surface area contributed by atoms with Crippen molar-refractivity contribution in [1.29, 1.82) is 0 Å². The van der Waals surface area contributed by atoms with Crippen molar-refractivity contribution in [3.8, 4) is 5.75 Å². The molecule has 0 aliphatic heterocycles. The molecule has 5 heteroatoms. The molecule has 0 aromatic heterocycles. The van der Waals surface area contributed by atoms with Crippen molar-refractivity contribution in [3.63, 3.8) is 0 Å². The van der Waals surface area contributed by atoms with E-state index >= 15 is 0 Å². The summed E-state index contributed by atoms with van der Waals surface area (Å²) >= 11 is 0. The Labute approximate surface area is 125 Å². The molecule has 0 saturated heterocycles. The molecular weight excluding hydrogens is 268 g/mol. The van der Waals surface area contributed by atoms with Gasteiger partial charge in [-0.1, -0.05) is 12.8 Å². The molecule has 2 rings (SSSR count). The van der Waals surface area contributed by atoms with Gasteiger partial charge in [0.1, 0.15) is 11.9 Å². The predicted octanol–water partition coefficient (Wildman–Crippen LogP) is 2.81. The molecule has 1 aromatic carbocycles. The van der Waals surface area contributed by atoms with Crippen LogP contribution < -0.4 is 15.8 Å². The van der Waals surface area contributed by atoms with Gasteiger partial charge in [0, 0.05) is 6.07 Å². The largest absolute Gasteiger partial charge is 0.497 e. The molecule has 0 radical (unpaired) electrons. The Morgan fingerprint density at radius 1 is 1.43 bits per heavy atom. The fourth-order valence-corrected chi connectivity index (χ4v) is 2.55. The number of benzene rings is 1. The van der Waals surface area contributed by atoms with E-state index in [1.165, 1.54) is 25.7 Å². The first-order valence-electron chi connectivity index (χ1n) is 7.46. The Hall–Kier alpha value is -1.75. The van der Waals surface area contributed by atoms with Crippen molar-refractivity contribution in [1.82, 2.24) is 0 Å². The minimum Gasteiger partial charge on any atom is -0.497 e. The summed E-state index contributed by atoms with van der Waals surface area (Å²) in [6.45, 7) is 2.43. The maximum absolute atomic E-state index is 12.1. The van der Waals surface area contributed by atoms with Crippen LogP contribution in [0.2, 0.25) is 0 Å². The summed E-state index contributed by atoms with van der Waals surface area (Å²) in [5.41, 5.74) is 6.94. The average molecular weight is 292 g/mol. The van der Waals surface area contributed by atoms with E-state index in [1.807, 2.05) is 0 Å². The summed E-state index contributed by atoms with van der Waals surface area (Å²) in [6.07, 6.45) is 4.49. The zero-order valence-electron chi connectivity index (χ0n) is 12.7. The lowest BCUT2D eigenvalue weighted by Gasteiger charge is -2.17. The van der Waals surface area contributed by atoms with E-state index in [4.69, 9.17) is 15.2 Å². The number of carbonyl (C=O) groups excluding carboxylic acids is 1. The number of hydrogen-bond donors (Lipinski definition) is 2. The summed E-state index contributed by atoms with van der Waals surface area (Å²) in [7, 11) is 1.58. The van der Waals surface area contributed by atoms with Crippen LogP contribution in [0.1, 0.15) is 32.6 Å². The van der Waals surface area contributed by atoms with Crippen LogP contribution in [-0.4, -0.2) is 25.7 Å². The highest BCUT2D eigenvalue weighted by Gasteiger charge is 2.19. The third-order valence-corrected chi connectivity index (χ3v) is 3.94. The zero-order valence-corrected chi connectivity index (χ0v) is 12.7. The molecule has 1 fully saturated rings. The molecule has 1 aromatic rings. The number of nitrogens with two attached hydrogens (primary N) is 1. The van der Waals surface area contributed by atoms with Crippen molar-refractivity contribution in [3.05, 3.63) is 18.2 Å². The van der Waals surface area contributed by atoms with Crippen molar-refractivity contribution < 1.29 is 14.3 Å². The van der Waals surface area contributed by atoms with E-state index in [0.29, 0.717) is 29.6 Å². The quantitative estimate of drug-likeness (QED) is 0.791. The summed E-state index contributed by atoms with van der Waals surface area (Å²) in [4.78, 5) is 12.1. The van der Waals surface area contributed by atoms with E-state index in [9.17, 15) is 4.79 Å². The first-order valence-corrected chi connectivity index (χ1v) is 7.46. The summed E-state index contributed by atoms with van der Waals surface area (Å²) in [5.74, 6) is 1.09. The van der Waals surface area contributed by atoms with Crippen LogP contribution in [0.3, 0.4) is 0 Å². The maximum Gasteiger partial charge on any atom is 0.253 e. The normalized spacial score (nSPS) is 16.7. The van der Waals surface area contributed by atoms with Crippen LogP contribution in [0, 0.1) is 5.92 Å². The molecule has 3 N–H and O–H groups in total. The smallest absolute Gasteiger partial charge is 0.253 e. The third kappa shape index (κ3) is 4.36. The number of nitrogen functional groups attached to an aromatic ring is 1. The van der Waals surface area contributed by atoms with Gasteiger partial charge in [-0.3, -0.25) is 4.79 Å². The number of rotatable bonds is 6. The van der Waals surface area contributed by atoms with Gasteiger partial charge in [-0.2, -0.15) is 0 Å². The standard InChI is InChI=1S/C16H24N2O3/c1-11(21-10-12-5-3-4-6-12)16(19)18-15-8-7-13(20-2)9-14(15)17/h7-9,11-12H,3-6,10,17H2,1-2H3,(H,18,19). The number of methoxy groups -OCH3 is 1. The van der Waals surface area contributed by atoms with Crippen molar-refractivity contribution >= 4 is 17.3 Å². The first kappa shape index (κ1) is 15.6. The molecule has 1 aliphatic carbocycles. The third-order valence-electron chi connectivity index (χ3n) is 3.94. The molecule has 1 unspecified atom stereocenters. The number of ether oxygens (including phenoxy) is 2. The molecule has 116 valence electrons. The highest BCUT2D eigenvalue weighted by Crippen LogP contribution is 2.26. The zero-order chi connectivity index (χ0) is 15.2. The topological polar surface area (TPSA) is 73.6 Å². The van der Waals surface area contributed by atoms with Crippen molar-refractivity contribution in [2.24, 2.45) is 5.92 Å². The summed E-state index contributed by atoms with van der Waals surface area (Å²) in [6, 6.07) is 5.17. The van der Waals surface area contributed by atoms with Crippen LogP contribution in [0.25, 0.3) is 0 Å². The predicted molar refractivity (Wildman–Crippen MR) is 83.4 cm³/mol.